The van der Waals surface area contributed by atoms with E-state index in [4.69, 9.17) is 0 Å². The van der Waals surface area contributed by atoms with Gasteiger partial charge in [0, 0.05) is 16.8 Å². The first-order valence-electron chi connectivity index (χ1n) is 5.44. The first-order chi connectivity index (χ1) is 8.61. The standard InChI is InChI=1S/C14H11BrFNO.BrH/c1-9-12(14(18)8-15)6-7-13(17-9)10-2-4-11(16)5-3-10;/h2-7H,8H2,1H3;1H. The molecule has 0 saturated heterocycles. The lowest BCUT2D eigenvalue weighted by molar-refractivity contribution is 0.102. The molecule has 1 aromatic carbocycles. The third kappa shape index (κ3) is 3.70. The number of rotatable bonds is 3. The van der Waals surface area contributed by atoms with Gasteiger partial charge in [-0.1, -0.05) is 15.9 Å². The van der Waals surface area contributed by atoms with Crippen LogP contribution in [-0.4, -0.2) is 16.1 Å². The van der Waals surface area contributed by atoms with Crippen molar-refractivity contribution < 1.29 is 9.18 Å². The van der Waals surface area contributed by atoms with E-state index in [1.165, 1.54) is 12.1 Å². The second kappa shape index (κ2) is 6.91. The van der Waals surface area contributed by atoms with Gasteiger partial charge in [0.2, 0.25) is 0 Å². The van der Waals surface area contributed by atoms with Gasteiger partial charge in [0.05, 0.1) is 11.0 Å². The van der Waals surface area contributed by atoms with E-state index >= 15 is 0 Å². The number of aryl methyl sites for hydroxylation is 1. The van der Waals surface area contributed by atoms with E-state index in [0.717, 1.165) is 11.3 Å². The molecule has 0 spiro atoms. The maximum Gasteiger partial charge on any atom is 0.175 e. The van der Waals surface area contributed by atoms with E-state index in [1.807, 2.05) is 0 Å². The molecule has 0 unspecified atom stereocenters. The van der Waals surface area contributed by atoms with Gasteiger partial charge in [0.15, 0.2) is 5.78 Å². The second-order valence-corrected chi connectivity index (χ2v) is 4.45. The highest BCUT2D eigenvalue weighted by molar-refractivity contribution is 9.09. The zero-order valence-electron chi connectivity index (χ0n) is 10.2. The zero-order valence-corrected chi connectivity index (χ0v) is 13.5. The van der Waals surface area contributed by atoms with Crippen LogP contribution in [0.15, 0.2) is 36.4 Å². The molecule has 0 saturated carbocycles. The van der Waals surface area contributed by atoms with Crippen molar-refractivity contribution in [2.24, 2.45) is 0 Å². The summed E-state index contributed by atoms with van der Waals surface area (Å²) < 4.78 is 12.8. The number of hydrogen-bond donors (Lipinski definition) is 0. The number of carbonyl (C=O) groups is 1. The molecule has 0 N–H and O–H groups in total. The van der Waals surface area contributed by atoms with Gasteiger partial charge in [0.1, 0.15) is 5.82 Å². The van der Waals surface area contributed by atoms with Gasteiger partial charge in [-0.2, -0.15) is 0 Å². The Kier molecular flexibility index (Phi) is 5.82. The van der Waals surface area contributed by atoms with Crippen LogP contribution in [-0.2, 0) is 0 Å². The molecule has 1 aromatic heterocycles. The Balaban J connectivity index is 0.00000180. The number of alkyl halides is 1. The minimum Gasteiger partial charge on any atom is -0.293 e. The molecule has 0 aliphatic rings. The van der Waals surface area contributed by atoms with E-state index in [9.17, 15) is 9.18 Å². The smallest absolute Gasteiger partial charge is 0.175 e. The highest BCUT2D eigenvalue weighted by atomic mass is 79.9. The van der Waals surface area contributed by atoms with Crippen LogP contribution < -0.4 is 0 Å². The monoisotopic (exact) mass is 387 g/mol. The molecule has 0 atom stereocenters. The van der Waals surface area contributed by atoms with Gasteiger partial charge in [-0.25, -0.2) is 4.39 Å². The Hall–Kier alpha value is -1.07. The Bertz CT molecular complexity index is 584. The van der Waals surface area contributed by atoms with Gasteiger partial charge in [0.25, 0.3) is 0 Å². The van der Waals surface area contributed by atoms with E-state index in [1.54, 1.807) is 31.2 Å². The van der Waals surface area contributed by atoms with Crippen molar-refractivity contribution in [2.75, 3.05) is 5.33 Å². The van der Waals surface area contributed by atoms with Crippen LogP contribution in [0.1, 0.15) is 16.1 Å². The summed E-state index contributed by atoms with van der Waals surface area (Å²) in [4.78, 5) is 16.0. The minimum atomic E-state index is -0.276. The van der Waals surface area contributed by atoms with E-state index in [-0.39, 0.29) is 33.9 Å². The first-order valence-corrected chi connectivity index (χ1v) is 6.56. The van der Waals surface area contributed by atoms with Crippen LogP contribution in [0.3, 0.4) is 0 Å². The summed E-state index contributed by atoms with van der Waals surface area (Å²) in [5.74, 6) is -0.271. The average molecular weight is 389 g/mol. The molecule has 100 valence electrons. The number of Topliss-reactive ketones (excluding diaryl/α,β-unsaturated/α-hetero) is 1. The SMILES string of the molecule is Br.Cc1nc(-c2ccc(F)cc2)ccc1C(=O)CBr. The predicted octanol–water partition coefficient (Wildman–Crippen LogP) is 4.35. The molecule has 0 bridgehead atoms. The Morgan fingerprint density at radius 1 is 1.21 bits per heavy atom. The maximum atomic E-state index is 12.8. The normalized spacial score (nSPS) is 9.84. The molecular formula is C14H12Br2FNO. The molecule has 0 radical (unpaired) electrons. The van der Waals surface area contributed by atoms with Crippen molar-refractivity contribution in [3.8, 4) is 11.3 Å². The van der Waals surface area contributed by atoms with Gasteiger partial charge < -0.3 is 0 Å². The third-order valence-electron chi connectivity index (χ3n) is 2.65. The molecule has 0 aliphatic heterocycles. The molecule has 0 fully saturated rings. The minimum absolute atomic E-state index is 0. The van der Waals surface area contributed by atoms with Crippen LogP contribution in [0, 0.1) is 12.7 Å². The molecule has 2 aromatic rings. The molecule has 2 rings (SSSR count). The fourth-order valence-corrected chi connectivity index (χ4v) is 2.01. The van der Waals surface area contributed by atoms with Crippen molar-refractivity contribution in [3.63, 3.8) is 0 Å². The number of nitrogens with zero attached hydrogens (tertiary/aromatic N) is 1. The van der Waals surface area contributed by atoms with E-state index in [0.29, 0.717) is 11.3 Å². The number of halogens is 3. The van der Waals surface area contributed by atoms with Crippen LogP contribution >= 0.6 is 32.9 Å². The summed E-state index contributed by atoms with van der Waals surface area (Å²) in [6.45, 7) is 1.79. The predicted molar refractivity (Wildman–Crippen MR) is 82.8 cm³/mol. The molecule has 5 heteroatoms. The summed E-state index contributed by atoms with van der Waals surface area (Å²) in [6.07, 6.45) is 0. The quantitative estimate of drug-likeness (QED) is 0.577. The molecule has 19 heavy (non-hydrogen) atoms. The summed E-state index contributed by atoms with van der Waals surface area (Å²) in [5, 5.41) is 0.283. The Labute approximate surface area is 130 Å². The fourth-order valence-electron chi connectivity index (χ4n) is 1.71. The molecule has 1 heterocycles. The lowest BCUT2D eigenvalue weighted by Gasteiger charge is -2.06. The number of aromatic nitrogens is 1. The molecule has 2 nitrogen and oxygen atoms in total. The number of pyridine rings is 1. The highest BCUT2D eigenvalue weighted by Crippen LogP contribution is 2.19. The average Bonchev–Trinajstić information content (AvgIpc) is 2.38. The van der Waals surface area contributed by atoms with Crippen LogP contribution in [0.2, 0.25) is 0 Å². The summed E-state index contributed by atoms with van der Waals surface area (Å²) in [7, 11) is 0. The zero-order chi connectivity index (χ0) is 13.1. The van der Waals surface area contributed by atoms with Gasteiger partial charge in [-0.05, 0) is 43.3 Å². The highest BCUT2D eigenvalue weighted by Gasteiger charge is 2.10. The number of ketones is 1. The number of hydrogen-bond acceptors (Lipinski definition) is 2. The first kappa shape index (κ1) is 16.0. The van der Waals surface area contributed by atoms with Crippen molar-refractivity contribution in [1.82, 2.24) is 4.98 Å². The van der Waals surface area contributed by atoms with Crippen molar-refractivity contribution in [3.05, 3.63) is 53.5 Å². The number of carbonyl (C=O) groups excluding carboxylic acids is 1. The van der Waals surface area contributed by atoms with Gasteiger partial charge in [-0.3, -0.25) is 9.78 Å². The number of benzene rings is 1. The lowest BCUT2D eigenvalue weighted by atomic mass is 10.1. The maximum absolute atomic E-state index is 12.8. The van der Waals surface area contributed by atoms with E-state index in [2.05, 4.69) is 20.9 Å². The Morgan fingerprint density at radius 3 is 2.37 bits per heavy atom. The topological polar surface area (TPSA) is 30.0 Å². The second-order valence-electron chi connectivity index (χ2n) is 3.89. The van der Waals surface area contributed by atoms with Crippen LogP contribution in [0.4, 0.5) is 4.39 Å². The molecule has 0 aliphatic carbocycles. The van der Waals surface area contributed by atoms with Crippen LogP contribution in [0.25, 0.3) is 11.3 Å². The van der Waals surface area contributed by atoms with Crippen molar-refractivity contribution in [2.45, 2.75) is 6.92 Å². The third-order valence-corrected chi connectivity index (χ3v) is 3.16. The van der Waals surface area contributed by atoms with Crippen LogP contribution in [0.5, 0.6) is 0 Å². The van der Waals surface area contributed by atoms with Gasteiger partial charge in [-0.15, -0.1) is 17.0 Å². The Morgan fingerprint density at radius 2 is 1.84 bits per heavy atom. The van der Waals surface area contributed by atoms with Gasteiger partial charge >= 0.3 is 0 Å². The van der Waals surface area contributed by atoms with E-state index < -0.39 is 0 Å². The molecule has 0 amide bonds. The summed E-state index contributed by atoms with van der Waals surface area (Å²) in [6, 6.07) is 9.65. The lowest BCUT2D eigenvalue weighted by Crippen LogP contribution is -2.04. The van der Waals surface area contributed by atoms with Crippen molar-refractivity contribution >= 4 is 38.7 Å². The largest absolute Gasteiger partial charge is 0.293 e. The fraction of sp³-hybridized carbons (Fsp3) is 0.143. The summed E-state index contributed by atoms with van der Waals surface area (Å²) in [5.41, 5.74) is 2.86. The summed E-state index contributed by atoms with van der Waals surface area (Å²) >= 11 is 3.14. The molecular weight excluding hydrogens is 377 g/mol. The van der Waals surface area contributed by atoms with Crippen molar-refractivity contribution in [1.29, 1.82) is 0 Å².